The second-order valence-electron chi connectivity index (χ2n) is 8.57. The Hall–Kier alpha value is -2.67. The number of alkyl halides is 1. The van der Waals surface area contributed by atoms with Gasteiger partial charge in [0.25, 0.3) is 5.91 Å². The van der Waals surface area contributed by atoms with Gasteiger partial charge in [0, 0.05) is 24.6 Å². The highest BCUT2D eigenvalue weighted by atomic mass is 19.2. The van der Waals surface area contributed by atoms with E-state index in [1.54, 1.807) is 0 Å². The minimum atomic E-state index is -1.37. The number of carbonyl (C=O) groups is 2. The highest BCUT2D eigenvalue weighted by molar-refractivity contribution is 5.95. The van der Waals surface area contributed by atoms with E-state index in [-0.39, 0.29) is 31.0 Å². The van der Waals surface area contributed by atoms with Gasteiger partial charge in [0.2, 0.25) is 5.91 Å². The molecule has 3 heterocycles. The molecule has 2 amide bonds. The number of halogens is 4. The Morgan fingerprint density at radius 1 is 1.06 bits per heavy atom. The van der Waals surface area contributed by atoms with Crippen LogP contribution in [0.1, 0.15) is 42.5 Å². The Bertz CT molecular complexity index is 938. The van der Waals surface area contributed by atoms with Crippen LogP contribution in [0, 0.1) is 34.7 Å². The van der Waals surface area contributed by atoms with Crippen molar-refractivity contribution < 1.29 is 27.2 Å². The first-order valence-corrected chi connectivity index (χ1v) is 10.3. The topological polar surface area (TPSA) is 90.4 Å². The zero-order valence-corrected chi connectivity index (χ0v) is 16.6. The molecule has 1 aromatic carbocycles. The van der Waals surface area contributed by atoms with E-state index in [4.69, 9.17) is 5.73 Å². The molecule has 31 heavy (non-hydrogen) atoms. The molecule has 2 unspecified atom stereocenters. The van der Waals surface area contributed by atoms with Gasteiger partial charge in [-0.25, -0.2) is 17.6 Å². The number of nitriles is 1. The Kier molecular flexibility index (Phi) is 5.64. The average Bonchev–Trinajstić information content (AvgIpc) is 3.25. The van der Waals surface area contributed by atoms with Gasteiger partial charge in [0.05, 0.1) is 24.2 Å². The van der Waals surface area contributed by atoms with Crippen LogP contribution < -0.4 is 5.73 Å². The number of piperidine rings is 1. The van der Waals surface area contributed by atoms with Crippen molar-refractivity contribution in [3.63, 3.8) is 0 Å². The van der Waals surface area contributed by atoms with Crippen LogP contribution in [0.3, 0.4) is 0 Å². The van der Waals surface area contributed by atoms with Gasteiger partial charge in [-0.2, -0.15) is 5.26 Å². The monoisotopic (exact) mass is 438 g/mol. The van der Waals surface area contributed by atoms with E-state index < -0.39 is 53.1 Å². The maximum atomic E-state index is 14.1. The molecule has 0 radical (unpaired) electrons. The average molecular weight is 438 g/mol. The number of nitrogens with two attached hydrogens (primary N) is 1. The van der Waals surface area contributed by atoms with Gasteiger partial charge in [-0.3, -0.25) is 9.59 Å². The molecule has 3 aliphatic heterocycles. The Morgan fingerprint density at radius 3 is 2.29 bits per heavy atom. The molecule has 1 aromatic rings. The molecule has 0 aliphatic carbocycles. The van der Waals surface area contributed by atoms with Crippen molar-refractivity contribution in [3.05, 3.63) is 35.1 Å². The third-order valence-electron chi connectivity index (χ3n) is 6.72. The number of likely N-dealkylation sites (tertiary alicyclic amines) is 1. The lowest BCUT2D eigenvalue weighted by molar-refractivity contribution is -0.134. The lowest BCUT2D eigenvalue weighted by atomic mass is 9.84. The summed E-state index contributed by atoms with van der Waals surface area (Å²) in [4.78, 5) is 28.4. The molecule has 6 nitrogen and oxygen atoms in total. The number of nitrogens with zero attached hydrogens (tertiary/aromatic N) is 3. The zero-order chi connectivity index (χ0) is 22.4. The van der Waals surface area contributed by atoms with Crippen molar-refractivity contribution in [1.29, 1.82) is 5.26 Å². The fourth-order valence-corrected chi connectivity index (χ4v) is 5.21. The highest BCUT2D eigenvalue weighted by Gasteiger charge is 2.48. The molecule has 166 valence electrons. The summed E-state index contributed by atoms with van der Waals surface area (Å²) >= 11 is 0. The number of hydrogen-bond acceptors (Lipinski definition) is 4. The Balaban J connectivity index is 1.48. The van der Waals surface area contributed by atoms with Crippen LogP contribution in [0.4, 0.5) is 17.6 Å². The standard InChI is InChI=1S/C21H22F4N4O2/c22-11-5-14(8-26)28(9-11)21(31)19(27)10-3-12-1-2-13(4-10)29(12)20(30)15-6-17(24)18(25)7-16(15)23/h6-7,10-14,19H,1-5,9,27H2/t10?,11-,12?,13?,14-,19-/m0/s1. The number of hydrogen-bond donors (Lipinski definition) is 1. The predicted molar refractivity (Wildman–Crippen MR) is 101 cm³/mol. The van der Waals surface area contributed by atoms with Crippen molar-refractivity contribution in [3.8, 4) is 6.07 Å². The van der Waals surface area contributed by atoms with Crippen LogP contribution >= 0.6 is 0 Å². The molecular formula is C21H22F4N4O2. The summed E-state index contributed by atoms with van der Waals surface area (Å²) in [7, 11) is 0. The van der Waals surface area contributed by atoms with Gasteiger partial charge in [-0.15, -0.1) is 0 Å². The molecule has 3 fully saturated rings. The van der Waals surface area contributed by atoms with Crippen LogP contribution in [0.2, 0.25) is 0 Å². The van der Waals surface area contributed by atoms with Gasteiger partial charge in [0.1, 0.15) is 18.0 Å². The molecule has 3 aliphatic rings. The molecule has 5 atom stereocenters. The molecule has 2 N–H and O–H groups in total. The smallest absolute Gasteiger partial charge is 0.257 e. The van der Waals surface area contributed by atoms with E-state index in [1.165, 1.54) is 9.80 Å². The summed E-state index contributed by atoms with van der Waals surface area (Å²) in [5.74, 6) is -5.29. The third kappa shape index (κ3) is 3.76. The molecule has 0 saturated carbocycles. The Labute approximate surface area is 176 Å². The number of fused-ring (bicyclic) bond motifs is 2. The van der Waals surface area contributed by atoms with Crippen molar-refractivity contribution in [2.45, 2.75) is 62.4 Å². The summed E-state index contributed by atoms with van der Waals surface area (Å²) in [6.07, 6.45) is 0.705. The van der Waals surface area contributed by atoms with Crippen molar-refractivity contribution >= 4 is 11.8 Å². The summed E-state index contributed by atoms with van der Waals surface area (Å²) in [5, 5.41) is 9.18. The molecule has 4 rings (SSSR count). The predicted octanol–water partition coefficient (Wildman–Crippen LogP) is 2.28. The minimum Gasteiger partial charge on any atom is -0.333 e. The molecular weight excluding hydrogens is 416 g/mol. The maximum absolute atomic E-state index is 14.1. The van der Waals surface area contributed by atoms with Crippen LogP contribution in [-0.2, 0) is 4.79 Å². The lowest BCUT2D eigenvalue weighted by Crippen LogP contribution is -2.55. The fourth-order valence-electron chi connectivity index (χ4n) is 5.21. The molecule has 3 saturated heterocycles. The maximum Gasteiger partial charge on any atom is 0.257 e. The first-order valence-electron chi connectivity index (χ1n) is 10.3. The van der Waals surface area contributed by atoms with Crippen LogP contribution in [0.5, 0.6) is 0 Å². The van der Waals surface area contributed by atoms with E-state index in [1.807, 2.05) is 6.07 Å². The van der Waals surface area contributed by atoms with Gasteiger partial charge in [-0.1, -0.05) is 0 Å². The second-order valence-corrected chi connectivity index (χ2v) is 8.57. The summed E-state index contributed by atoms with van der Waals surface area (Å²) in [5.41, 5.74) is 5.67. The minimum absolute atomic E-state index is 0.0348. The van der Waals surface area contributed by atoms with E-state index in [2.05, 4.69) is 0 Å². The first kappa shape index (κ1) is 21.6. The summed E-state index contributed by atoms with van der Waals surface area (Å²) < 4.78 is 54.6. The second kappa shape index (κ2) is 8.11. The molecule has 2 bridgehead atoms. The van der Waals surface area contributed by atoms with Crippen molar-refractivity contribution in [2.24, 2.45) is 11.7 Å². The molecule has 0 aromatic heterocycles. The quantitative estimate of drug-likeness (QED) is 0.579. The normalized spacial score (nSPS) is 30.9. The van der Waals surface area contributed by atoms with Gasteiger partial charge in [0.15, 0.2) is 11.6 Å². The fraction of sp³-hybridized carbons (Fsp3) is 0.571. The van der Waals surface area contributed by atoms with Crippen LogP contribution in [0.25, 0.3) is 0 Å². The number of rotatable bonds is 3. The molecule has 0 spiro atoms. The zero-order valence-electron chi connectivity index (χ0n) is 16.6. The summed E-state index contributed by atoms with van der Waals surface area (Å²) in [6.45, 7) is -0.162. The van der Waals surface area contributed by atoms with Crippen LogP contribution in [0.15, 0.2) is 12.1 Å². The van der Waals surface area contributed by atoms with Gasteiger partial charge >= 0.3 is 0 Å². The number of amides is 2. The van der Waals surface area contributed by atoms with Gasteiger partial charge in [-0.05, 0) is 37.7 Å². The SMILES string of the molecule is N#C[C@@H]1C[C@H](F)CN1C(=O)[C@@H](N)C1CC2CCC(C1)N2C(=O)c1cc(F)c(F)cc1F. The Morgan fingerprint density at radius 2 is 1.68 bits per heavy atom. The largest absolute Gasteiger partial charge is 0.333 e. The lowest BCUT2D eigenvalue weighted by Gasteiger charge is -2.41. The number of carbonyl (C=O) groups excluding carboxylic acids is 2. The van der Waals surface area contributed by atoms with Crippen LogP contribution in [-0.4, -0.2) is 58.5 Å². The van der Waals surface area contributed by atoms with Crippen molar-refractivity contribution in [1.82, 2.24) is 9.80 Å². The third-order valence-corrected chi connectivity index (χ3v) is 6.72. The van der Waals surface area contributed by atoms with E-state index >= 15 is 0 Å². The number of benzene rings is 1. The first-order chi connectivity index (χ1) is 14.7. The summed E-state index contributed by atoms with van der Waals surface area (Å²) in [6, 6.07) is 0.427. The van der Waals surface area contributed by atoms with E-state index in [0.29, 0.717) is 37.8 Å². The molecule has 10 heteroatoms. The highest BCUT2D eigenvalue weighted by Crippen LogP contribution is 2.41. The van der Waals surface area contributed by atoms with E-state index in [0.717, 1.165) is 0 Å². The van der Waals surface area contributed by atoms with Gasteiger partial charge < -0.3 is 15.5 Å². The van der Waals surface area contributed by atoms with Crippen molar-refractivity contribution in [2.75, 3.05) is 6.54 Å². The van der Waals surface area contributed by atoms with E-state index in [9.17, 15) is 32.4 Å².